The fourth-order valence-electron chi connectivity index (χ4n) is 8.50. The Morgan fingerprint density at radius 1 is 0.434 bits per heavy atom. The lowest BCUT2D eigenvalue weighted by Crippen LogP contribution is -2.61. The topological polar surface area (TPSA) is 65.3 Å². The minimum atomic E-state index is -0.104. The highest BCUT2D eigenvalue weighted by atomic mass is 16.5. The molecule has 0 fully saturated rings. The van der Waals surface area contributed by atoms with Gasteiger partial charge in [0.15, 0.2) is 11.6 Å². The summed E-state index contributed by atoms with van der Waals surface area (Å²) in [5, 5.41) is 2.41. The summed E-state index contributed by atoms with van der Waals surface area (Å²) in [5.74, 6) is 4.92. The summed E-state index contributed by atoms with van der Waals surface area (Å²) in [5.41, 5.74) is 10.2. The Hall–Kier alpha value is -7.19. The molecule has 8 heteroatoms. The van der Waals surface area contributed by atoms with Gasteiger partial charge in [0.1, 0.15) is 23.0 Å². The van der Waals surface area contributed by atoms with Crippen molar-refractivity contribution in [2.24, 2.45) is 0 Å². The Labute approximate surface area is 304 Å². The predicted molar refractivity (Wildman–Crippen MR) is 211 cm³/mol. The molecular formula is C45H26BN5O2. The third-order valence-electron chi connectivity index (χ3n) is 10.7. The Bertz CT molecular complexity index is 2790. The molecular weight excluding hydrogens is 653 g/mol. The molecule has 0 aliphatic carbocycles. The molecule has 246 valence electrons. The molecule has 5 heterocycles. The molecule has 0 amide bonds. The molecule has 0 bridgehead atoms. The first-order valence-corrected chi connectivity index (χ1v) is 17.7. The van der Waals surface area contributed by atoms with E-state index in [1.54, 1.807) is 0 Å². The van der Waals surface area contributed by atoms with E-state index in [-0.39, 0.29) is 6.71 Å². The number of rotatable bonds is 4. The summed E-state index contributed by atoms with van der Waals surface area (Å²) < 4.78 is 16.1. The summed E-state index contributed by atoms with van der Waals surface area (Å²) >= 11 is 0. The van der Waals surface area contributed by atoms with Crippen molar-refractivity contribution in [3.8, 4) is 51.5 Å². The maximum absolute atomic E-state index is 6.91. The van der Waals surface area contributed by atoms with Gasteiger partial charge in [-0.25, -0.2) is 4.98 Å². The molecule has 7 aromatic carbocycles. The van der Waals surface area contributed by atoms with E-state index < -0.39 is 0 Å². The number of fused-ring (bicyclic) bond motifs is 3. The molecule has 0 radical (unpaired) electrons. The van der Waals surface area contributed by atoms with E-state index >= 15 is 0 Å². The highest BCUT2D eigenvalue weighted by molar-refractivity contribution is 7.00. The summed E-state index contributed by atoms with van der Waals surface area (Å²) in [6.07, 6.45) is 0. The summed E-state index contributed by atoms with van der Waals surface area (Å²) in [7, 11) is 0. The van der Waals surface area contributed by atoms with Crippen LogP contribution in [0.15, 0.2) is 158 Å². The molecule has 9 aromatic rings. The highest BCUT2D eigenvalue weighted by Crippen LogP contribution is 2.46. The Morgan fingerprint density at radius 3 is 1.45 bits per heavy atom. The van der Waals surface area contributed by atoms with Gasteiger partial charge in [0.25, 0.3) is 6.71 Å². The van der Waals surface area contributed by atoms with Crippen LogP contribution in [-0.4, -0.2) is 26.2 Å². The predicted octanol–water partition coefficient (Wildman–Crippen LogP) is 8.81. The number of ether oxygens (including phenoxy) is 2. The van der Waals surface area contributed by atoms with Crippen molar-refractivity contribution in [3.63, 3.8) is 0 Å². The minimum Gasteiger partial charge on any atom is -0.458 e. The molecule has 2 aromatic heterocycles. The molecule has 3 aliphatic rings. The fraction of sp³-hybridized carbons (Fsp3) is 0. The van der Waals surface area contributed by atoms with Gasteiger partial charge >= 0.3 is 0 Å². The smallest absolute Gasteiger partial charge is 0.266 e. The van der Waals surface area contributed by atoms with Crippen molar-refractivity contribution in [2.75, 3.05) is 4.90 Å². The Morgan fingerprint density at radius 2 is 0.925 bits per heavy atom. The Balaban J connectivity index is 1.08. The van der Waals surface area contributed by atoms with Crippen LogP contribution >= 0.6 is 0 Å². The van der Waals surface area contributed by atoms with Gasteiger partial charge in [-0.1, -0.05) is 109 Å². The lowest BCUT2D eigenvalue weighted by Gasteiger charge is -2.42. The number of benzene rings is 7. The second kappa shape index (κ2) is 10.7. The summed E-state index contributed by atoms with van der Waals surface area (Å²) in [4.78, 5) is 17.4. The molecule has 0 saturated carbocycles. The second-order valence-corrected chi connectivity index (χ2v) is 13.6. The first-order valence-electron chi connectivity index (χ1n) is 17.7. The van der Waals surface area contributed by atoms with Crippen molar-refractivity contribution in [1.29, 1.82) is 0 Å². The monoisotopic (exact) mass is 679 g/mol. The van der Waals surface area contributed by atoms with Crippen LogP contribution in [0.5, 0.6) is 23.0 Å². The quantitative estimate of drug-likeness (QED) is 0.173. The van der Waals surface area contributed by atoms with Crippen LogP contribution in [-0.2, 0) is 0 Å². The summed E-state index contributed by atoms with van der Waals surface area (Å²) in [6.45, 7) is -0.104. The molecule has 0 atom stereocenters. The lowest BCUT2D eigenvalue weighted by atomic mass is 9.33. The maximum Gasteiger partial charge on any atom is 0.266 e. The molecule has 7 nitrogen and oxygen atoms in total. The average molecular weight is 680 g/mol. The first-order chi connectivity index (χ1) is 26.3. The standard InChI is InChI=1S/C45H26BN5O2/c1-3-13-27(14-4-1)43-47-44(28-15-5-2-6-16-28)49-45(48-43)51-34-21-11-23-36-40(34)46-41-35(51)22-12-24-37(41)53-39-26-29(25-38(52-36)42(39)46)50-32-19-9-7-17-30(32)31-18-8-10-20-33(31)50/h1-26H. The fourth-order valence-corrected chi connectivity index (χ4v) is 8.50. The largest absolute Gasteiger partial charge is 0.458 e. The molecule has 53 heavy (non-hydrogen) atoms. The van der Waals surface area contributed by atoms with E-state index in [2.05, 4.69) is 107 Å². The van der Waals surface area contributed by atoms with Crippen molar-refractivity contribution < 1.29 is 9.47 Å². The van der Waals surface area contributed by atoms with Gasteiger partial charge in [-0.05, 0) is 47.3 Å². The Kier molecular flexibility index (Phi) is 5.74. The van der Waals surface area contributed by atoms with Crippen molar-refractivity contribution >= 4 is 62.2 Å². The average Bonchev–Trinajstić information content (AvgIpc) is 3.56. The van der Waals surface area contributed by atoms with Crippen LogP contribution in [0.3, 0.4) is 0 Å². The normalized spacial score (nSPS) is 13.1. The first kappa shape index (κ1) is 28.5. The molecule has 0 saturated heterocycles. The second-order valence-electron chi connectivity index (χ2n) is 13.6. The van der Waals surface area contributed by atoms with E-state index in [0.29, 0.717) is 17.6 Å². The molecule has 3 aliphatic heterocycles. The number of anilines is 3. The van der Waals surface area contributed by atoms with Crippen LogP contribution in [0.2, 0.25) is 0 Å². The number of hydrogen-bond donors (Lipinski definition) is 0. The van der Waals surface area contributed by atoms with Crippen LogP contribution in [0, 0.1) is 0 Å². The van der Waals surface area contributed by atoms with Crippen LogP contribution in [0.4, 0.5) is 17.3 Å². The summed E-state index contributed by atoms with van der Waals surface area (Å²) in [6, 6.07) is 54.1. The van der Waals surface area contributed by atoms with Gasteiger partial charge in [0.05, 0.1) is 16.7 Å². The van der Waals surface area contributed by atoms with E-state index in [9.17, 15) is 0 Å². The van der Waals surface area contributed by atoms with Gasteiger partial charge in [-0.15, -0.1) is 0 Å². The van der Waals surface area contributed by atoms with Crippen molar-refractivity contribution in [2.45, 2.75) is 0 Å². The van der Waals surface area contributed by atoms with Gasteiger partial charge < -0.3 is 14.0 Å². The van der Waals surface area contributed by atoms with Crippen LogP contribution in [0.1, 0.15) is 0 Å². The van der Waals surface area contributed by atoms with E-state index in [0.717, 1.165) is 78.6 Å². The SMILES string of the molecule is c1ccc(-c2nc(-c3ccccc3)nc(N3c4cccc5c4B4c6c(cc(-n7c8ccccc8c8ccccc87)cc6Oc6cccc3c64)O5)n2)cc1. The minimum absolute atomic E-state index is 0.104. The molecule has 12 rings (SSSR count). The number of aromatic nitrogens is 4. The van der Waals surface area contributed by atoms with Crippen LogP contribution in [0.25, 0.3) is 50.3 Å². The van der Waals surface area contributed by atoms with Crippen LogP contribution < -0.4 is 30.8 Å². The highest BCUT2D eigenvalue weighted by Gasteiger charge is 2.48. The lowest BCUT2D eigenvalue weighted by molar-refractivity contribution is 0.464. The van der Waals surface area contributed by atoms with E-state index in [1.807, 2.05) is 60.7 Å². The van der Waals surface area contributed by atoms with Gasteiger partial charge in [0.2, 0.25) is 5.95 Å². The van der Waals surface area contributed by atoms with Gasteiger partial charge in [-0.3, -0.25) is 4.90 Å². The number of nitrogens with zero attached hydrogens (tertiary/aromatic N) is 5. The number of hydrogen-bond acceptors (Lipinski definition) is 6. The third-order valence-corrected chi connectivity index (χ3v) is 10.7. The zero-order chi connectivity index (χ0) is 34.6. The van der Waals surface area contributed by atoms with Gasteiger partial charge in [0, 0.05) is 50.9 Å². The van der Waals surface area contributed by atoms with Gasteiger partial charge in [-0.2, -0.15) is 9.97 Å². The molecule has 0 spiro atoms. The molecule has 0 N–H and O–H groups in total. The van der Waals surface area contributed by atoms with E-state index in [4.69, 9.17) is 24.4 Å². The van der Waals surface area contributed by atoms with Crippen molar-refractivity contribution in [1.82, 2.24) is 19.5 Å². The third kappa shape index (κ3) is 4.03. The molecule has 0 unspecified atom stereocenters. The van der Waals surface area contributed by atoms with Crippen molar-refractivity contribution in [3.05, 3.63) is 158 Å². The number of para-hydroxylation sites is 2. The zero-order valence-electron chi connectivity index (χ0n) is 28.1. The maximum atomic E-state index is 6.91. The van der Waals surface area contributed by atoms with E-state index in [1.165, 1.54) is 10.8 Å². The zero-order valence-corrected chi connectivity index (χ0v) is 28.1.